The molecule has 2 heterocycles. The third-order valence-electron chi connectivity index (χ3n) is 6.05. The van der Waals surface area contributed by atoms with Gasteiger partial charge in [-0.3, -0.25) is 4.79 Å². The topological polar surface area (TPSA) is 32.8 Å². The molecule has 1 fully saturated rings. The molecule has 2 aromatic carbocycles. The second kappa shape index (κ2) is 8.31. The molecular weight excluding hydrogens is 355 g/mol. The van der Waals surface area contributed by atoms with Crippen LogP contribution in [0, 0.1) is 5.82 Å². The Morgan fingerprint density at radius 2 is 1.86 bits per heavy atom. The lowest BCUT2D eigenvalue weighted by Crippen LogP contribution is -2.46. The fourth-order valence-corrected chi connectivity index (χ4v) is 4.32. The van der Waals surface area contributed by atoms with Crippen molar-refractivity contribution in [2.24, 2.45) is 0 Å². The Hall–Kier alpha value is -2.40. The van der Waals surface area contributed by atoms with Crippen LogP contribution >= 0.6 is 0 Å². The van der Waals surface area contributed by atoms with Crippen molar-refractivity contribution in [3.8, 4) is 0 Å². The van der Waals surface area contributed by atoms with Crippen LogP contribution in [0.25, 0.3) is 0 Å². The van der Waals surface area contributed by atoms with Gasteiger partial charge in [0.15, 0.2) is 0 Å². The minimum atomic E-state index is -0.213. The molecule has 0 unspecified atom stereocenters. The maximum atomic E-state index is 13.1. The molecule has 4 nitrogen and oxygen atoms in total. The average Bonchev–Trinajstić information content (AvgIpc) is 2.74. The molecule has 0 aliphatic carbocycles. The molecule has 28 heavy (non-hydrogen) atoms. The molecule has 148 valence electrons. The number of amides is 1. The Bertz CT molecular complexity index is 816. The number of carbonyl (C=O) groups excluding carboxylic acids is 1. The molecule has 2 aromatic rings. The second-order valence-electron chi connectivity index (χ2n) is 7.71. The van der Waals surface area contributed by atoms with Crippen LogP contribution in [-0.4, -0.2) is 43.6 Å². The maximum absolute atomic E-state index is 13.1. The number of carbonyl (C=O) groups is 1. The highest BCUT2D eigenvalue weighted by Gasteiger charge is 2.29. The van der Waals surface area contributed by atoms with Gasteiger partial charge in [-0.2, -0.15) is 0 Å². The van der Waals surface area contributed by atoms with Gasteiger partial charge in [0.1, 0.15) is 5.82 Å². The molecule has 2 aliphatic rings. The first-order valence-corrected chi connectivity index (χ1v) is 10.1. The van der Waals surface area contributed by atoms with Gasteiger partial charge in [0.25, 0.3) is 0 Å². The van der Waals surface area contributed by atoms with Crippen LogP contribution in [0.15, 0.2) is 48.5 Å². The summed E-state index contributed by atoms with van der Waals surface area (Å²) < 4.78 is 19.0. The van der Waals surface area contributed by atoms with E-state index in [-0.39, 0.29) is 23.9 Å². The molecule has 1 saturated heterocycles. The summed E-state index contributed by atoms with van der Waals surface area (Å²) in [6, 6.07) is 15.1. The Kier molecular flexibility index (Phi) is 5.62. The first-order valence-electron chi connectivity index (χ1n) is 10.1. The summed E-state index contributed by atoms with van der Waals surface area (Å²) in [7, 11) is 1.91. The van der Waals surface area contributed by atoms with Gasteiger partial charge in [0, 0.05) is 31.9 Å². The second-order valence-corrected chi connectivity index (χ2v) is 7.71. The zero-order valence-corrected chi connectivity index (χ0v) is 16.3. The smallest absolute Gasteiger partial charge is 0.225 e. The quantitative estimate of drug-likeness (QED) is 0.803. The van der Waals surface area contributed by atoms with Gasteiger partial charge in [-0.1, -0.05) is 24.3 Å². The fourth-order valence-electron chi connectivity index (χ4n) is 4.32. The number of fused-ring (bicyclic) bond motifs is 1. The van der Waals surface area contributed by atoms with Crippen molar-refractivity contribution < 1.29 is 13.9 Å². The molecular formula is C23H27FN2O2. The van der Waals surface area contributed by atoms with Crippen LogP contribution in [0.1, 0.15) is 36.5 Å². The van der Waals surface area contributed by atoms with Gasteiger partial charge < -0.3 is 14.5 Å². The summed E-state index contributed by atoms with van der Waals surface area (Å²) in [5.74, 6) is -0.0718. The van der Waals surface area contributed by atoms with E-state index in [1.54, 1.807) is 0 Å². The van der Waals surface area contributed by atoms with Crippen LogP contribution in [0.4, 0.5) is 10.1 Å². The van der Waals surface area contributed by atoms with Crippen molar-refractivity contribution in [3.05, 3.63) is 65.5 Å². The summed E-state index contributed by atoms with van der Waals surface area (Å²) in [4.78, 5) is 17.1. The molecule has 1 atom stereocenters. The lowest BCUT2D eigenvalue weighted by atomic mass is 9.95. The van der Waals surface area contributed by atoms with E-state index in [0.29, 0.717) is 13.0 Å². The number of ether oxygens (including phenoxy) is 1. The largest absolute Gasteiger partial charge is 0.373 e. The molecule has 1 amide bonds. The zero-order chi connectivity index (χ0) is 19.5. The van der Waals surface area contributed by atoms with E-state index in [2.05, 4.69) is 17.0 Å². The minimum Gasteiger partial charge on any atom is -0.373 e. The van der Waals surface area contributed by atoms with E-state index in [0.717, 1.165) is 43.6 Å². The highest BCUT2D eigenvalue weighted by atomic mass is 19.1. The first-order chi connectivity index (χ1) is 13.6. The normalized spacial score (nSPS) is 19.9. The summed E-state index contributed by atoms with van der Waals surface area (Å²) in [5, 5.41) is 0. The molecule has 0 aromatic heterocycles. The van der Waals surface area contributed by atoms with Gasteiger partial charge in [-0.25, -0.2) is 4.39 Å². The lowest BCUT2D eigenvalue weighted by Gasteiger charge is -2.38. The lowest BCUT2D eigenvalue weighted by molar-refractivity contribution is -0.135. The number of hydrogen-bond donors (Lipinski definition) is 0. The van der Waals surface area contributed by atoms with E-state index in [1.165, 1.54) is 17.7 Å². The minimum absolute atomic E-state index is 0.140. The van der Waals surface area contributed by atoms with E-state index in [4.69, 9.17) is 4.74 Å². The van der Waals surface area contributed by atoms with Crippen LogP contribution in [-0.2, 0) is 16.0 Å². The maximum Gasteiger partial charge on any atom is 0.225 e. The van der Waals surface area contributed by atoms with E-state index < -0.39 is 0 Å². The van der Waals surface area contributed by atoms with E-state index >= 15 is 0 Å². The number of benzene rings is 2. The Morgan fingerprint density at radius 3 is 2.61 bits per heavy atom. The summed E-state index contributed by atoms with van der Waals surface area (Å²) >= 11 is 0. The van der Waals surface area contributed by atoms with Crippen molar-refractivity contribution in [3.63, 3.8) is 0 Å². The predicted octanol–water partition coefficient (Wildman–Crippen LogP) is 3.96. The highest BCUT2D eigenvalue weighted by Crippen LogP contribution is 2.31. The number of halogens is 1. The predicted molar refractivity (Wildman–Crippen MR) is 108 cm³/mol. The molecule has 5 heteroatoms. The molecule has 0 saturated carbocycles. The average molecular weight is 382 g/mol. The molecule has 0 spiro atoms. The van der Waals surface area contributed by atoms with Crippen molar-refractivity contribution >= 4 is 11.6 Å². The van der Waals surface area contributed by atoms with Crippen molar-refractivity contribution in [2.45, 2.75) is 37.8 Å². The van der Waals surface area contributed by atoms with Crippen LogP contribution in [0.5, 0.6) is 0 Å². The third kappa shape index (κ3) is 4.04. The molecule has 0 radical (unpaired) electrons. The number of rotatable bonds is 4. The summed E-state index contributed by atoms with van der Waals surface area (Å²) in [6.07, 6.45) is 3.01. The first kappa shape index (κ1) is 18.9. The van der Waals surface area contributed by atoms with Crippen molar-refractivity contribution in [2.75, 3.05) is 31.6 Å². The Balaban J connectivity index is 1.33. The van der Waals surface area contributed by atoms with Gasteiger partial charge in [0.2, 0.25) is 5.91 Å². The number of nitrogens with zero attached hydrogens (tertiary/aromatic N) is 2. The van der Waals surface area contributed by atoms with Gasteiger partial charge >= 0.3 is 0 Å². The Labute approximate surface area is 165 Å². The molecule has 2 aliphatic heterocycles. The fraction of sp³-hybridized carbons (Fsp3) is 0.435. The standard InChI is InChI=1S/C23H27FN2O2/c1-25(19-10-13-26(14-11-19)20-8-6-18(24)7-9-20)23(27)16-22-21-5-3-2-4-17(21)12-15-28-22/h2-9,19,22H,10-16H2,1H3/t22-/m1/s1. The molecule has 0 bridgehead atoms. The highest BCUT2D eigenvalue weighted by molar-refractivity contribution is 5.77. The van der Waals surface area contributed by atoms with Crippen LogP contribution < -0.4 is 4.90 Å². The van der Waals surface area contributed by atoms with Crippen molar-refractivity contribution in [1.29, 1.82) is 0 Å². The number of hydrogen-bond acceptors (Lipinski definition) is 3. The van der Waals surface area contributed by atoms with Crippen molar-refractivity contribution in [1.82, 2.24) is 4.90 Å². The zero-order valence-electron chi connectivity index (χ0n) is 16.3. The van der Waals surface area contributed by atoms with Gasteiger partial charge in [-0.05, 0) is 54.7 Å². The van der Waals surface area contributed by atoms with Crippen LogP contribution in [0.3, 0.4) is 0 Å². The van der Waals surface area contributed by atoms with E-state index in [9.17, 15) is 9.18 Å². The Morgan fingerprint density at radius 1 is 1.14 bits per heavy atom. The summed E-state index contributed by atoms with van der Waals surface area (Å²) in [5.41, 5.74) is 3.49. The number of piperidine rings is 1. The third-order valence-corrected chi connectivity index (χ3v) is 6.05. The summed E-state index contributed by atoms with van der Waals surface area (Å²) in [6.45, 7) is 2.42. The SMILES string of the molecule is CN(C(=O)C[C@H]1OCCc2ccccc21)C1CCN(c2ccc(F)cc2)CC1. The monoisotopic (exact) mass is 382 g/mol. The van der Waals surface area contributed by atoms with Gasteiger partial charge in [-0.15, -0.1) is 0 Å². The molecule has 0 N–H and O–H groups in total. The van der Waals surface area contributed by atoms with E-state index in [1.807, 2.05) is 36.2 Å². The van der Waals surface area contributed by atoms with Gasteiger partial charge in [0.05, 0.1) is 19.1 Å². The number of anilines is 1. The van der Waals surface area contributed by atoms with Crippen LogP contribution in [0.2, 0.25) is 0 Å². The molecule has 4 rings (SSSR count).